The first-order valence-electron chi connectivity index (χ1n) is 10.2. The van der Waals surface area contributed by atoms with E-state index in [1.807, 2.05) is 0 Å². The van der Waals surface area contributed by atoms with E-state index in [-0.39, 0.29) is 33.5 Å². The van der Waals surface area contributed by atoms with Gasteiger partial charge in [0.1, 0.15) is 22.3 Å². The molecule has 1 aromatic carbocycles. The molecule has 2 N–H and O–H groups in total. The fourth-order valence-corrected chi connectivity index (χ4v) is 4.94. The number of rotatable bonds is 7. The lowest BCUT2D eigenvalue weighted by atomic mass is 10.1. The number of anilines is 1. The van der Waals surface area contributed by atoms with Gasteiger partial charge in [-0.15, -0.1) is 0 Å². The Kier molecular flexibility index (Phi) is 5.89. The molecule has 4 heterocycles. The molecular formula is C21H19F2N7O3S. The second kappa shape index (κ2) is 9.00. The molecule has 0 radical (unpaired) electrons. The van der Waals surface area contributed by atoms with E-state index in [2.05, 4.69) is 25.8 Å². The van der Waals surface area contributed by atoms with Crippen LogP contribution in [0.1, 0.15) is 10.4 Å². The van der Waals surface area contributed by atoms with Gasteiger partial charge < -0.3 is 19.9 Å². The van der Waals surface area contributed by atoms with Crippen LogP contribution in [0, 0.1) is 0 Å². The summed E-state index contributed by atoms with van der Waals surface area (Å²) in [4.78, 5) is 17.6. The van der Waals surface area contributed by atoms with Crippen LogP contribution in [0.15, 0.2) is 53.9 Å². The molecule has 10 nitrogen and oxygen atoms in total. The molecule has 1 unspecified atom stereocenters. The lowest BCUT2D eigenvalue weighted by Crippen LogP contribution is -2.51. The number of fused-ring (bicyclic) bond motifs is 1. The fraction of sp³-hybridized carbons (Fsp3) is 0.238. The third-order valence-corrected chi connectivity index (χ3v) is 6.96. The number of nitrogens with one attached hydrogen (secondary N) is 2. The van der Waals surface area contributed by atoms with Crippen LogP contribution in [0.4, 0.5) is 14.5 Å². The number of nitrogens with zero attached hydrogens (tertiary/aromatic N) is 5. The van der Waals surface area contributed by atoms with Crippen LogP contribution in [-0.4, -0.2) is 59.8 Å². The first kappa shape index (κ1) is 22.3. The van der Waals surface area contributed by atoms with Crippen LogP contribution >= 0.6 is 0 Å². The summed E-state index contributed by atoms with van der Waals surface area (Å²) in [6.45, 7) is -1.86. The van der Waals surface area contributed by atoms with Crippen molar-refractivity contribution in [2.24, 2.45) is 7.05 Å². The molecule has 1 fully saturated rings. The maximum Gasteiger partial charge on any atom is 0.387 e. The number of halogens is 2. The number of amides is 1. The first-order chi connectivity index (χ1) is 16.4. The molecule has 34 heavy (non-hydrogen) atoms. The van der Waals surface area contributed by atoms with Gasteiger partial charge in [-0.2, -0.15) is 19.0 Å². The van der Waals surface area contributed by atoms with E-state index in [4.69, 9.17) is 4.74 Å². The van der Waals surface area contributed by atoms with Crippen molar-refractivity contribution in [1.82, 2.24) is 29.7 Å². The van der Waals surface area contributed by atoms with Crippen molar-refractivity contribution < 1.29 is 22.9 Å². The number of carbonyl (C=O) groups excluding carboxylic acids is 1. The van der Waals surface area contributed by atoms with Crippen LogP contribution in [0.5, 0.6) is 5.75 Å². The highest BCUT2D eigenvalue weighted by Crippen LogP contribution is 2.37. The molecule has 5 rings (SSSR count). The second-order valence-corrected chi connectivity index (χ2v) is 9.31. The summed E-state index contributed by atoms with van der Waals surface area (Å²) >= 11 is -1.34. The Labute approximate surface area is 195 Å². The van der Waals surface area contributed by atoms with Crippen molar-refractivity contribution in [3.8, 4) is 17.0 Å². The monoisotopic (exact) mass is 487 g/mol. The van der Waals surface area contributed by atoms with Gasteiger partial charge in [0.15, 0.2) is 10.5 Å². The number of alkyl halides is 2. The number of carbonyl (C=O) groups is 1. The molecule has 13 heteroatoms. The minimum atomic E-state index is -3.07. The lowest BCUT2D eigenvalue weighted by molar-refractivity contribution is -0.0494. The number of benzene rings is 1. The standard InChI is InChI=1S/C21H19F2N7O3S/c1-29-11-16(27-20(31)15-10-26-30-6-2-5-25-19(15)30)18(28-29)14-7-12(34(32)13-8-24-9-13)3-4-17(14)33-21(22)23/h2-7,10-11,13,21,24H,8-9H2,1H3,(H,27,31). The van der Waals surface area contributed by atoms with Gasteiger partial charge in [-0.3, -0.25) is 9.48 Å². The topological polar surface area (TPSA) is 121 Å². The zero-order valence-corrected chi connectivity index (χ0v) is 18.6. The fourth-order valence-electron chi connectivity index (χ4n) is 3.58. The van der Waals surface area contributed by atoms with Crippen molar-refractivity contribution in [3.63, 3.8) is 0 Å². The number of aromatic nitrogens is 5. The first-order valence-corrected chi connectivity index (χ1v) is 11.5. The number of hydrogen-bond donors (Lipinski definition) is 2. The zero-order valence-electron chi connectivity index (χ0n) is 17.8. The van der Waals surface area contributed by atoms with Crippen LogP contribution in [0.3, 0.4) is 0 Å². The van der Waals surface area contributed by atoms with E-state index in [9.17, 15) is 18.1 Å². The van der Waals surface area contributed by atoms with Gasteiger partial charge in [-0.1, -0.05) is 0 Å². The van der Waals surface area contributed by atoms with Gasteiger partial charge in [-0.25, -0.2) is 9.50 Å². The molecule has 1 atom stereocenters. The van der Waals surface area contributed by atoms with Crippen molar-refractivity contribution in [1.29, 1.82) is 0 Å². The molecule has 1 aliphatic rings. The molecule has 1 amide bonds. The van der Waals surface area contributed by atoms with Gasteiger partial charge in [0.2, 0.25) is 0 Å². The number of ether oxygens (including phenoxy) is 1. The van der Waals surface area contributed by atoms with Crippen molar-refractivity contribution >= 4 is 28.4 Å². The number of hydrogen-bond acceptors (Lipinski definition) is 7. The van der Waals surface area contributed by atoms with Crippen LogP contribution in [0.2, 0.25) is 0 Å². The summed E-state index contributed by atoms with van der Waals surface area (Å²) < 4.78 is 46.7. The normalized spacial score (nSPS) is 14.9. The maximum atomic E-state index is 13.1. The van der Waals surface area contributed by atoms with Gasteiger partial charge in [0.25, 0.3) is 5.91 Å². The molecule has 1 saturated heterocycles. The predicted molar refractivity (Wildman–Crippen MR) is 119 cm³/mol. The smallest absolute Gasteiger partial charge is 0.387 e. The molecule has 0 saturated carbocycles. The Morgan fingerprint density at radius 3 is 2.94 bits per heavy atom. The maximum absolute atomic E-state index is 13.1. The van der Waals surface area contributed by atoms with Crippen molar-refractivity contribution in [2.45, 2.75) is 16.8 Å². The Morgan fingerprint density at radius 2 is 2.21 bits per heavy atom. The molecule has 3 aromatic heterocycles. The minimum Gasteiger partial charge on any atom is -0.611 e. The van der Waals surface area contributed by atoms with Crippen LogP contribution in [0.25, 0.3) is 16.9 Å². The van der Waals surface area contributed by atoms with E-state index < -0.39 is 23.7 Å². The summed E-state index contributed by atoms with van der Waals surface area (Å²) in [5, 5.41) is 14.2. The average Bonchev–Trinajstić information content (AvgIpc) is 3.35. The molecule has 176 valence electrons. The van der Waals surface area contributed by atoms with Gasteiger partial charge in [0, 0.05) is 44.8 Å². The Bertz CT molecular complexity index is 1360. The van der Waals surface area contributed by atoms with Crippen LogP contribution in [-0.2, 0) is 18.2 Å². The largest absolute Gasteiger partial charge is 0.611 e. The molecule has 1 aliphatic heterocycles. The molecule has 0 bridgehead atoms. The highest BCUT2D eigenvalue weighted by atomic mass is 32.2. The minimum absolute atomic E-state index is 0.0688. The van der Waals surface area contributed by atoms with E-state index in [1.165, 1.54) is 39.8 Å². The van der Waals surface area contributed by atoms with Crippen LogP contribution < -0.4 is 15.4 Å². The molecule has 0 spiro atoms. The molecular weight excluding hydrogens is 468 g/mol. The molecule has 4 aromatic rings. The summed E-state index contributed by atoms with van der Waals surface area (Å²) in [6, 6.07) is 6.04. The van der Waals surface area contributed by atoms with Crippen molar-refractivity contribution in [2.75, 3.05) is 18.4 Å². The second-order valence-electron chi connectivity index (χ2n) is 7.58. The quantitative estimate of drug-likeness (QED) is 0.383. The zero-order chi connectivity index (χ0) is 23.8. The van der Waals surface area contributed by atoms with Crippen molar-refractivity contribution in [3.05, 3.63) is 54.6 Å². The van der Waals surface area contributed by atoms with Gasteiger partial charge in [-0.05, 0) is 29.4 Å². The summed E-state index contributed by atoms with van der Waals surface area (Å²) in [5.74, 6) is -0.645. The summed E-state index contributed by atoms with van der Waals surface area (Å²) in [7, 11) is 1.63. The Hall–Kier alpha value is -3.55. The SMILES string of the molecule is Cn1cc(NC(=O)c2cnn3cccnc23)c(-c2cc([S+]([O-])C3CNC3)ccc2OC(F)F)n1. The predicted octanol–water partition coefficient (Wildman–Crippen LogP) is 2.06. The highest BCUT2D eigenvalue weighted by molar-refractivity contribution is 7.92. The van der Waals surface area contributed by atoms with E-state index in [1.54, 1.807) is 25.5 Å². The lowest BCUT2D eigenvalue weighted by Gasteiger charge is -2.29. The van der Waals surface area contributed by atoms with E-state index in [0.29, 0.717) is 23.6 Å². The number of aryl methyl sites for hydroxylation is 1. The Balaban J connectivity index is 1.53. The van der Waals surface area contributed by atoms with E-state index >= 15 is 0 Å². The average molecular weight is 487 g/mol. The van der Waals surface area contributed by atoms with Gasteiger partial charge >= 0.3 is 6.61 Å². The third-order valence-electron chi connectivity index (χ3n) is 5.30. The van der Waals surface area contributed by atoms with E-state index in [0.717, 1.165) is 0 Å². The summed E-state index contributed by atoms with van der Waals surface area (Å²) in [6.07, 6.45) is 6.12. The highest BCUT2D eigenvalue weighted by Gasteiger charge is 2.32. The Morgan fingerprint density at radius 1 is 1.38 bits per heavy atom. The third kappa shape index (κ3) is 4.20. The summed E-state index contributed by atoms with van der Waals surface area (Å²) in [5.41, 5.74) is 1.23. The van der Waals surface area contributed by atoms with Gasteiger partial charge in [0.05, 0.1) is 17.4 Å². The molecule has 0 aliphatic carbocycles.